The Hall–Kier alpha value is -0.560. The van der Waals surface area contributed by atoms with Crippen molar-refractivity contribution in [2.75, 3.05) is 32.7 Å². The van der Waals surface area contributed by atoms with Gasteiger partial charge in [0.15, 0.2) is 0 Å². The first kappa shape index (κ1) is 13.9. The van der Waals surface area contributed by atoms with Crippen molar-refractivity contribution < 1.29 is 0 Å². The number of pyridine rings is 1. The fourth-order valence-corrected chi connectivity index (χ4v) is 2.47. The number of halogens is 1. The summed E-state index contributed by atoms with van der Waals surface area (Å²) in [6.45, 7) is 5.77. The lowest BCUT2D eigenvalue weighted by molar-refractivity contribution is 0.139. The molecule has 0 spiro atoms. The Kier molecular flexibility index (Phi) is 5.05. The van der Waals surface area contributed by atoms with E-state index in [0.29, 0.717) is 4.99 Å². The Morgan fingerprint density at radius 2 is 1.94 bits per heavy atom. The van der Waals surface area contributed by atoms with Gasteiger partial charge >= 0.3 is 0 Å². The number of nitrogens with two attached hydrogens (primary N) is 1. The van der Waals surface area contributed by atoms with Crippen LogP contribution in [0.25, 0.3) is 0 Å². The van der Waals surface area contributed by atoms with Gasteiger partial charge in [0, 0.05) is 49.9 Å². The number of nitrogens with zero attached hydrogens (tertiary/aromatic N) is 3. The van der Waals surface area contributed by atoms with Crippen molar-refractivity contribution in [2.24, 2.45) is 5.73 Å². The van der Waals surface area contributed by atoms with Crippen molar-refractivity contribution in [3.63, 3.8) is 0 Å². The number of hydrogen-bond donors (Lipinski definition) is 1. The van der Waals surface area contributed by atoms with Gasteiger partial charge in [0.1, 0.15) is 0 Å². The van der Waals surface area contributed by atoms with Crippen molar-refractivity contribution in [3.05, 3.63) is 28.5 Å². The first-order valence-corrected chi connectivity index (χ1v) is 7.17. The molecule has 1 fully saturated rings. The summed E-state index contributed by atoms with van der Waals surface area (Å²) in [5.74, 6) is 0. The van der Waals surface area contributed by atoms with Crippen LogP contribution in [-0.4, -0.2) is 52.5 Å². The summed E-state index contributed by atoms with van der Waals surface area (Å²) >= 11 is 8.33. The average Bonchev–Trinajstić information content (AvgIpc) is 2.34. The van der Waals surface area contributed by atoms with Crippen molar-refractivity contribution in [3.8, 4) is 0 Å². The van der Waals surface area contributed by atoms with E-state index in [0.717, 1.165) is 49.4 Å². The van der Waals surface area contributed by atoms with E-state index in [2.05, 4.69) is 36.8 Å². The molecular formula is C12H17BrN4S. The molecule has 6 heteroatoms. The maximum Gasteiger partial charge on any atom is 0.0870 e. The molecule has 0 aliphatic carbocycles. The molecule has 1 aromatic rings. The second-order valence-corrected chi connectivity index (χ2v) is 5.93. The minimum atomic E-state index is 0.582. The molecule has 1 aliphatic rings. The van der Waals surface area contributed by atoms with Crippen LogP contribution in [0.4, 0.5) is 0 Å². The fourth-order valence-electron chi connectivity index (χ4n) is 2.05. The van der Waals surface area contributed by atoms with Crippen LogP contribution in [0.3, 0.4) is 0 Å². The van der Waals surface area contributed by atoms with Gasteiger partial charge in [-0.2, -0.15) is 0 Å². The van der Waals surface area contributed by atoms with Crippen LogP contribution in [0.2, 0.25) is 0 Å². The van der Waals surface area contributed by atoms with Crippen LogP contribution in [0.1, 0.15) is 5.69 Å². The molecule has 0 radical (unpaired) electrons. The molecule has 0 aromatic carbocycles. The van der Waals surface area contributed by atoms with Crippen molar-refractivity contribution in [1.82, 2.24) is 14.8 Å². The van der Waals surface area contributed by atoms with Gasteiger partial charge in [-0.15, -0.1) is 0 Å². The summed E-state index contributed by atoms with van der Waals surface area (Å²) in [5.41, 5.74) is 6.67. The normalized spacial score (nSPS) is 17.8. The van der Waals surface area contributed by atoms with E-state index >= 15 is 0 Å². The van der Waals surface area contributed by atoms with Gasteiger partial charge in [0.2, 0.25) is 0 Å². The van der Waals surface area contributed by atoms with E-state index in [1.165, 1.54) is 0 Å². The predicted molar refractivity (Wildman–Crippen MR) is 80.4 cm³/mol. The van der Waals surface area contributed by atoms with E-state index < -0.39 is 0 Å². The number of thiocarbonyl (C=S) groups is 1. The monoisotopic (exact) mass is 328 g/mol. The molecule has 4 nitrogen and oxygen atoms in total. The van der Waals surface area contributed by atoms with Gasteiger partial charge in [0.25, 0.3) is 0 Å². The van der Waals surface area contributed by atoms with Gasteiger partial charge in [-0.3, -0.25) is 14.8 Å². The minimum Gasteiger partial charge on any atom is -0.392 e. The van der Waals surface area contributed by atoms with Crippen LogP contribution in [0.15, 0.2) is 22.8 Å². The number of hydrogen-bond acceptors (Lipinski definition) is 4. The molecule has 98 valence electrons. The first-order valence-electron chi connectivity index (χ1n) is 5.97. The van der Waals surface area contributed by atoms with E-state index in [4.69, 9.17) is 18.0 Å². The highest BCUT2D eigenvalue weighted by atomic mass is 79.9. The van der Waals surface area contributed by atoms with Gasteiger partial charge in [-0.1, -0.05) is 12.2 Å². The smallest absolute Gasteiger partial charge is 0.0870 e. The van der Waals surface area contributed by atoms with Crippen molar-refractivity contribution >= 4 is 33.1 Å². The van der Waals surface area contributed by atoms with Gasteiger partial charge < -0.3 is 5.73 Å². The Morgan fingerprint density at radius 3 is 2.50 bits per heavy atom. The maximum atomic E-state index is 5.56. The quantitative estimate of drug-likeness (QED) is 0.843. The van der Waals surface area contributed by atoms with Gasteiger partial charge in [-0.05, 0) is 28.1 Å². The summed E-state index contributed by atoms with van der Waals surface area (Å²) in [6, 6.07) is 4.09. The summed E-state index contributed by atoms with van der Waals surface area (Å²) in [6.07, 6.45) is 1.85. The highest BCUT2D eigenvalue weighted by molar-refractivity contribution is 9.10. The summed E-state index contributed by atoms with van der Waals surface area (Å²) in [7, 11) is 0. The average molecular weight is 329 g/mol. The molecule has 1 saturated heterocycles. The highest BCUT2D eigenvalue weighted by Crippen LogP contribution is 2.10. The molecule has 1 aromatic heterocycles. The molecule has 2 N–H and O–H groups in total. The summed E-state index contributed by atoms with van der Waals surface area (Å²) < 4.78 is 1.02. The molecule has 0 saturated carbocycles. The second-order valence-electron chi connectivity index (χ2n) is 4.49. The zero-order valence-corrected chi connectivity index (χ0v) is 12.6. The Morgan fingerprint density at radius 1 is 1.28 bits per heavy atom. The topological polar surface area (TPSA) is 45.4 Å². The van der Waals surface area contributed by atoms with E-state index in [1.807, 2.05) is 12.3 Å². The lowest BCUT2D eigenvalue weighted by Gasteiger charge is -2.34. The lowest BCUT2D eigenvalue weighted by atomic mass is 10.2. The fraction of sp³-hybridized carbons (Fsp3) is 0.500. The molecule has 2 rings (SSSR count). The third-order valence-electron chi connectivity index (χ3n) is 3.02. The van der Waals surface area contributed by atoms with Crippen LogP contribution in [-0.2, 0) is 6.54 Å². The number of aromatic nitrogens is 1. The van der Waals surface area contributed by atoms with E-state index in [1.54, 1.807) is 0 Å². The molecule has 0 atom stereocenters. The summed E-state index contributed by atoms with van der Waals surface area (Å²) in [5, 5.41) is 0. The van der Waals surface area contributed by atoms with Crippen LogP contribution in [0, 0.1) is 0 Å². The number of piperazine rings is 1. The number of rotatable bonds is 4. The highest BCUT2D eigenvalue weighted by Gasteiger charge is 2.17. The standard InChI is InChI=1S/C12H17BrN4S/c13-10-1-2-11(15-7-10)8-16-3-5-17(6-4-16)9-12(14)18/h1-2,7H,3-6,8-9H2,(H2,14,18). The third kappa shape index (κ3) is 4.28. The SMILES string of the molecule is NC(=S)CN1CCN(Cc2ccc(Br)cn2)CC1. The predicted octanol–water partition coefficient (Wildman–Crippen LogP) is 1.25. The van der Waals surface area contributed by atoms with Crippen LogP contribution >= 0.6 is 28.1 Å². The largest absolute Gasteiger partial charge is 0.392 e. The van der Waals surface area contributed by atoms with Crippen molar-refractivity contribution in [2.45, 2.75) is 6.54 Å². The molecule has 1 aliphatic heterocycles. The lowest BCUT2D eigenvalue weighted by Crippen LogP contribution is -2.48. The minimum absolute atomic E-state index is 0.582. The van der Waals surface area contributed by atoms with Crippen LogP contribution < -0.4 is 5.73 Å². The second kappa shape index (κ2) is 6.56. The molecule has 2 heterocycles. The molecule has 18 heavy (non-hydrogen) atoms. The van der Waals surface area contributed by atoms with E-state index in [9.17, 15) is 0 Å². The van der Waals surface area contributed by atoms with E-state index in [-0.39, 0.29) is 0 Å². The first-order chi connectivity index (χ1) is 8.63. The molecule has 0 bridgehead atoms. The maximum absolute atomic E-state index is 5.56. The zero-order chi connectivity index (χ0) is 13.0. The van der Waals surface area contributed by atoms with Crippen molar-refractivity contribution in [1.29, 1.82) is 0 Å². The molecule has 0 amide bonds. The molecular weight excluding hydrogens is 312 g/mol. The Balaban J connectivity index is 1.79. The summed E-state index contributed by atoms with van der Waals surface area (Å²) in [4.78, 5) is 9.69. The third-order valence-corrected chi connectivity index (χ3v) is 3.62. The van der Waals surface area contributed by atoms with Crippen LogP contribution in [0.5, 0.6) is 0 Å². The Bertz CT molecular complexity index is 401. The zero-order valence-electron chi connectivity index (χ0n) is 10.2. The molecule has 0 unspecified atom stereocenters. The van der Waals surface area contributed by atoms with Gasteiger partial charge in [-0.25, -0.2) is 0 Å². The van der Waals surface area contributed by atoms with Gasteiger partial charge in [0.05, 0.1) is 10.7 Å². The Labute approximate surface area is 121 Å².